The summed E-state index contributed by atoms with van der Waals surface area (Å²) in [4.78, 5) is 2.59. The van der Waals surface area contributed by atoms with Gasteiger partial charge < -0.3 is 10.2 Å². The Kier molecular flexibility index (Phi) is 6.50. The summed E-state index contributed by atoms with van der Waals surface area (Å²) >= 11 is 0. The first-order valence-corrected chi connectivity index (χ1v) is 7.48. The van der Waals surface area contributed by atoms with Gasteiger partial charge in [0, 0.05) is 19.1 Å². The van der Waals surface area contributed by atoms with Gasteiger partial charge in [0.2, 0.25) is 0 Å². The van der Waals surface area contributed by atoms with Gasteiger partial charge in [-0.1, -0.05) is 32.6 Å². The molecule has 1 aliphatic carbocycles. The molecular weight excluding hydrogens is 208 g/mol. The second kappa shape index (κ2) is 7.38. The number of nitrogens with one attached hydrogen (secondary N) is 1. The van der Waals surface area contributed by atoms with Crippen molar-refractivity contribution in [2.45, 2.75) is 64.8 Å². The third-order valence-corrected chi connectivity index (χ3v) is 4.51. The summed E-state index contributed by atoms with van der Waals surface area (Å²) in [7, 11) is 4.41. The maximum atomic E-state index is 3.43. The minimum atomic E-state index is 0.545. The summed E-state index contributed by atoms with van der Waals surface area (Å²) in [6, 6.07) is 0.732. The molecule has 1 rings (SSSR count). The molecule has 2 heteroatoms. The van der Waals surface area contributed by atoms with E-state index in [9.17, 15) is 0 Å². The van der Waals surface area contributed by atoms with Crippen molar-refractivity contribution in [3.05, 3.63) is 0 Å². The van der Waals surface area contributed by atoms with Crippen LogP contribution in [0.25, 0.3) is 0 Å². The molecule has 0 spiro atoms. The zero-order chi connectivity index (χ0) is 12.7. The third kappa shape index (κ3) is 4.59. The predicted octanol–water partition coefficient (Wildman–Crippen LogP) is 3.28. The van der Waals surface area contributed by atoms with Crippen molar-refractivity contribution in [1.29, 1.82) is 0 Å². The fourth-order valence-electron chi connectivity index (χ4n) is 3.39. The maximum absolute atomic E-state index is 3.43. The fraction of sp³-hybridized carbons (Fsp3) is 1.00. The number of hydrogen-bond acceptors (Lipinski definition) is 2. The summed E-state index contributed by atoms with van der Waals surface area (Å²) in [5.41, 5.74) is 0.545. The van der Waals surface area contributed by atoms with Crippen LogP contribution in [0.2, 0.25) is 0 Å². The zero-order valence-electron chi connectivity index (χ0n) is 12.4. The highest BCUT2D eigenvalue weighted by atomic mass is 15.1. The van der Waals surface area contributed by atoms with Crippen LogP contribution in [0.1, 0.15) is 58.8 Å². The maximum Gasteiger partial charge on any atom is 0.00640 e. The molecule has 102 valence electrons. The first-order valence-electron chi connectivity index (χ1n) is 7.48. The Bertz CT molecular complexity index is 192. The summed E-state index contributed by atoms with van der Waals surface area (Å²) in [6.45, 7) is 7.12. The minimum Gasteiger partial charge on any atom is -0.319 e. The van der Waals surface area contributed by atoms with Crippen molar-refractivity contribution in [2.75, 3.05) is 27.2 Å². The molecule has 2 nitrogen and oxygen atoms in total. The van der Waals surface area contributed by atoms with E-state index in [1.807, 2.05) is 0 Å². The van der Waals surface area contributed by atoms with Crippen LogP contribution in [0.3, 0.4) is 0 Å². The molecule has 1 unspecified atom stereocenters. The van der Waals surface area contributed by atoms with E-state index in [2.05, 4.69) is 38.2 Å². The molecular formula is C15H32N2. The lowest BCUT2D eigenvalue weighted by molar-refractivity contribution is 0.0962. The van der Waals surface area contributed by atoms with Gasteiger partial charge in [-0.15, -0.1) is 0 Å². The van der Waals surface area contributed by atoms with Crippen molar-refractivity contribution < 1.29 is 0 Å². The standard InChI is InChI=1S/C15H32N2/c1-5-9-14(2)17(4)13-15(12-16-3)10-7-6-8-11-15/h14,16H,5-13H2,1-4H3. The van der Waals surface area contributed by atoms with Crippen LogP contribution in [-0.2, 0) is 0 Å². The molecule has 1 atom stereocenters. The van der Waals surface area contributed by atoms with Crippen LogP contribution in [0.15, 0.2) is 0 Å². The van der Waals surface area contributed by atoms with Gasteiger partial charge in [-0.05, 0) is 45.7 Å². The van der Waals surface area contributed by atoms with Crippen LogP contribution in [-0.4, -0.2) is 38.1 Å². The van der Waals surface area contributed by atoms with Gasteiger partial charge >= 0.3 is 0 Å². The summed E-state index contributed by atoms with van der Waals surface area (Å²) in [6.07, 6.45) is 9.75. The molecule has 0 aromatic carbocycles. The quantitative estimate of drug-likeness (QED) is 0.735. The van der Waals surface area contributed by atoms with E-state index in [0.717, 1.165) is 6.04 Å². The smallest absolute Gasteiger partial charge is 0.00640 e. The highest BCUT2D eigenvalue weighted by molar-refractivity contribution is 4.87. The Labute approximate surface area is 108 Å². The summed E-state index contributed by atoms with van der Waals surface area (Å²) < 4.78 is 0. The highest BCUT2D eigenvalue weighted by Gasteiger charge is 2.33. The van der Waals surface area contributed by atoms with Gasteiger partial charge in [0.25, 0.3) is 0 Å². The fourth-order valence-corrected chi connectivity index (χ4v) is 3.39. The monoisotopic (exact) mass is 240 g/mol. The van der Waals surface area contributed by atoms with Crippen LogP contribution < -0.4 is 5.32 Å². The Morgan fingerprint density at radius 1 is 1.24 bits per heavy atom. The Morgan fingerprint density at radius 3 is 2.41 bits per heavy atom. The lowest BCUT2D eigenvalue weighted by atomic mass is 9.73. The van der Waals surface area contributed by atoms with E-state index in [0.29, 0.717) is 5.41 Å². The van der Waals surface area contributed by atoms with Crippen LogP contribution in [0, 0.1) is 5.41 Å². The van der Waals surface area contributed by atoms with Crippen LogP contribution >= 0.6 is 0 Å². The molecule has 0 aromatic rings. The van der Waals surface area contributed by atoms with Gasteiger partial charge in [0.1, 0.15) is 0 Å². The molecule has 0 radical (unpaired) electrons. The van der Waals surface area contributed by atoms with E-state index in [1.165, 1.54) is 58.0 Å². The zero-order valence-corrected chi connectivity index (χ0v) is 12.4. The largest absolute Gasteiger partial charge is 0.319 e. The Balaban J connectivity index is 2.52. The lowest BCUT2D eigenvalue weighted by Crippen LogP contribution is -2.46. The van der Waals surface area contributed by atoms with Gasteiger partial charge in [0.05, 0.1) is 0 Å². The van der Waals surface area contributed by atoms with E-state index in [-0.39, 0.29) is 0 Å². The van der Waals surface area contributed by atoms with Crippen molar-refractivity contribution >= 4 is 0 Å². The average Bonchev–Trinajstić information content (AvgIpc) is 2.30. The van der Waals surface area contributed by atoms with Crippen LogP contribution in [0.4, 0.5) is 0 Å². The van der Waals surface area contributed by atoms with Crippen molar-refractivity contribution in [2.24, 2.45) is 5.41 Å². The number of hydrogen-bond donors (Lipinski definition) is 1. The van der Waals surface area contributed by atoms with Gasteiger partial charge in [-0.3, -0.25) is 0 Å². The first kappa shape index (κ1) is 15.0. The summed E-state index contributed by atoms with van der Waals surface area (Å²) in [5, 5.41) is 3.43. The molecule has 1 aliphatic rings. The molecule has 0 heterocycles. The topological polar surface area (TPSA) is 15.3 Å². The van der Waals surface area contributed by atoms with E-state index < -0.39 is 0 Å². The Morgan fingerprint density at radius 2 is 1.88 bits per heavy atom. The van der Waals surface area contributed by atoms with E-state index in [1.54, 1.807) is 0 Å². The normalized spacial score (nSPS) is 21.7. The third-order valence-electron chi connectivity index (χ3n) is 4.51. The molecule has 1 saturated carbocycles. The van der Waals surface area contributed by atoms with Gasteiger partial charge in [-0.2, -0.15) is 0 Å². The molecule has 0 aromatic heterocycles. The average molecular weight is 240 g/mol. The minimum absolute atomic E-state index is 0.545. The number of nitrogens with zero attached hydrogens (tertiary/aromatic N) is 1. The van der Waals surface area contributed by atoms with Crippen molar-refractivity contribution in [1.82, 2.24) is 10.2 Å². The molecule has 0 amide bonds. The van der Waals surface area contributed by atoms with Crippen molar-refractivity contribution in [3.8, 4) is 0 Å². The SMILES string of the molecule is CCCC(C)N(C)CC1(CNC)CCCCC1. The molecule has 1 fully saturated rings. The first-order chi connectivity index (χ1) is 8.13. The molecule has 1 N–H and O–H groups in total. The molecule has 0 saturated heterocycles. The summed E-state index contributed by atoms with van der Waals surface area (Å²) in [5.74, 6) is 0. The lowest BCUT2D eigenvalue weighted by Gasteiger charge is -2.42. The highest BCUT2D eigenvalue weighted by Crippen LogP contribution is 2.36. The van der Waals surface area contributed by atoms with Gasteiger partial charge in [-0.25, -0.2) is 0 Å². The number of rotatable bonds is 7. The second-order valence-electron chi connectivity index (χ2n) is 6.14. The molecule has 0 bridgehead atoms. The Hall–Kier alpha value is -0.0800. The van der Waals surface area contributed by atoms with Crippen molar-refractivity contribution in [3.63, 3.8) is 0 Å². The van der Waals surface area contributed by atoms with Crippen LogP contribution in [0.5, 0.6) is 0 Å². The predicted molar refractivity (Wildman–Crippen MR) is 76.4 cm³/mol. The van der Waals surface area contributed by atoms with Gasteiger partial charge in [0.15, 0.2) is 0 Å². The molecule has 0 aliphatic heterocycles. The van der Waals surface area contributed by atoms with E-state index in [4.69, 9.17) is 0 Å². The van der Waals surface area contributed by atoms with E-state index >= 15 is 0 Å². The second-order valence-corrected chi connectivity index (χ2v) is 6.14. The molecule has 17 heavy (non-hydrogen) atoms.